The van der Waals surface area contributed by atoms with Gasteiger partial charge in [-0.15, -0.1) is 0 Å². The standard InChI is InChI=1S/C6H10BrNO2/c7-6-2-1-3-8(10-6)4-5-9/h1-2,6,9H,3-5H2/t6-/m1/s1. The molecule has 58 valence electrons. The lowest BCUT2D eigenvalue weighted by molar-refractivity contribution is -0.160. The van der Waals surface area contributed by atoms with Crippen LogP contribution < -0.4 is 0 Å². The van der Waals surface area contributed by atoms with Crippen LogP contribution in [0.3, 0.4) is 0 Å². The molecule has 0 saturated carbocycles. The van der Waals surface area contributed by atoms with E-state index in [0.717, 1.165) is 6.54 Å². The van der Waals surface area contributed by atoms with Crippen LogP contribution in [0.5, 0.6) is 0 Å². The zero-order valence-corrected chi connectivity index (χ0v) is 7.12. The molecule has 0 amide bonds. The van der Waals surface area contributed by atoms with Gasteiger partial charge in [0.1, 0.15) is 0 Å². The number of aliphatic hydroxyl groups is 1. The van der Waals surface area contributed by atoms with E-state index in [-0.39, 0.29) is 11.6 Å². The number of β-amino-alcohol motifs (C(OH)–C–C–N with tert-alkyl or cyclic N) is 1. The zero-order chi connectivity index (χ0) is 7.40. The molecule has 1 N–H and O–H groups in total. The molecule has 1 atom stereocenters. The molecule has 0 fully saturated rings. The van der Waals surface area contributed by atoms with Crippen molar-refractivity contribution >= 4 is 15.9 Å². The van der Waals surface area contributed by atoms with Gasteiger partial charge in [0.2, 0.25) is 0 Å². The van der Waals surface area contributed by atoms with Gasteiger partial charge in [-0.05, 0) is 6.08 Å². The van der Waals surface area contributed by atoms with Crippen molar-refractivity contribution in [2.45, 2.75) is 5.01 Å². The lowest BCUT2D eigenvalue weighted by Gasteiger charge is -2.24. The summed E-state index contributed by atoms with van der Waals surface area (Å²) < 4.78 is 0. The van der Waals surface area contributed by atoms with Gasteiger partial charge in [0.25, 0.3) is 0 Å². The van der Waals surface area contributed by atoms with Crippen molar-refractivity contribution in [1.29, 1.82) is 0 Å². The van der Waals surface area contributed by atoms with Gasteiger partial charge in [0.05, 0.1) is 6.61 Å². The van der Waals surface area contributed by atoms with Crippen LogP contribution in [0.1, 0.15) is 0 Å². The summed E-state index contributed by atoms with van der Waals surface area (Å²) in [6, 6.07) is 0. The van der Waals surface area contributed by atoms with E-state index < -0.39 is 0 Å². The highest BCUT2D eigenvalue weighted by atomic mass is 79.9. The number of aliphatic hydroxyl groups excluding tert-OH is 1. The van der Waals surface area contributed by atoms with Crippen LogP contribution in [0.15, 0.2) is 12.2 Å². The second kappa shape index (κ2) is 4.08. The summed E-state index contributed by atoms with van der Waals surface area (Å²) in [4.78, 5) is 5.23. The van der Waals surface area contributed by atoms with Crippen LogP contribution in [-0.2, 0) is 4.84 Å². The van der Waals surface area contributed by atoms with Crippen LogP contribution in [0, 0.1) is 0 Å². The Labute approximate surface area is 68.4 Å². The largest absolute Gasteiger partial charge is 0.395 e. The first-order chi connectivity index (χ1) is 4.83. The topological polar surface area (TPSA) is 32.7 Å². The third kappa shape index (κ3) is 2.38. The third-order valence-corrected chi connectivity index (χ3v) is 1.67. The number of hydrogen-bond acceptors (Lipinski definition) is 3. The minimum absolute atomic E-state index is 0.0344. The molecule has 0 unspecified atom stereocenters. The molecule has 1 aliphatic rings. The molecule has 0 saturated heterocycles. The minimum Gasteiger partial charge on any atom is -0.395 e. The third-order valence-electron chi connectivity index (χ3n) is 1.20. The molecule has 1 rings (SSSR count). The molecule has 0 spiro atoms. The summed E-state index contributed by atoms with van der Waals surface area (Å²) in [6.07, 6.45) is 3.92. The molecule has 0 radical (unpaired) electrons. The van der Waals surface area contributed by atoms with E-state index in [4.69, 9.17) is 9.94 Å². The Kier molecular flexibility index (Phi) is 3.34. The predicted molar refractivity (Wildman–Crippen MR) is 41.6 cm³/mol. The van der Waals surface area contributed by atoms with Crippen LogP contribution in [-0.4, -0.2) is 34.9 Å². The average molecular weight is 208 g/mol. The van der Waals surface area contributed by atoms with Crippen molar-refractivity contribution in [3.05, 3.63) is 12.2 Å². The molecule has 0 aromatic carbocycles. The van der Waals surface area contributed by atoms with Crippen molar-refractivity contribution < 1.29 is 9.94 Å². The summed E-state index contributed by atoms with van der Waals surface area (Å²) >= 11 is 3.27. The number of halogens is 1. The van der Waals surface area contributed by atoms with Crippen LogP contribution >= 0.6 is 15.9 Å². The van der Waals surface area contributed by atoms with Crippen molar-refractivity contribution in [3.8, 4) is 0 Å². The minimum atomic E-state index is -0.0344. The first-order valence-electron chi connectivity index (χ1n) is 3.16. The quantitative estimate of drug-likeness (QED) is 0.529. The highest BCUT2D eigenvalue weighted by molar-refractivity contribution is 9.09. The Morgan fingerprint density at radius 1 is 1.80 bits per heavy atom. The maximum absolute atomic E-state index is 8.54. The van der Waals surface area contributed by atoms with Gasteiger partial charge in [-0.2, -0.15) is 5.06 Å². The number of alkyl halides is 1. The highest BCUT2D eigenvalue weighted by Gasteiger charge is 2.11. The van der Waals surface area contributed by atoms with E-state index in [1.807, 2.05) is 12.2 Å². The summed E-state index contributed by atoms with van der Waals surface area (Å²) in [5.74, 6) is 0. The lowest BCUT2D eigenvalue weighted by atomic mass is 10.4. The van der Waals surface area contributed by atoms with Crippen molar-refractivity contribution in [3.63, 3.8) is 0 Å². The second-order valence-corrected chi connectivity index (χ2v) is 2.90. The first-order valence-corrected chi connectivity index (χ1v) is 4.08. The number of rotatable bonds is 2. The molecule has 0 bridgehead atoms. The Morgan fingerprint density at radius 2 is 2.60 bits per heavy atom. The number of nitrogens with zero attached hydrogens (tertiary/aromatic N) is 1. The van der Waals surface area contributed by atoms with Gasteiger partial charge in [-0.3, -0.25) is 4.84 Å². The Bertz CT molecular complexity index is 129. The molecule has 1 heterocycles. The van der Waals surface area contributed by atoms with Gasteiger partial charge >= 0.3 is 0 Å². The maximum atomic E-state index is 8.54. The predicted octanol–water partition coefficient (Wildman–Crippen LogP) is 0.503. The van der Waals surface area contributed by atoms with Gasteiger partial charge in [-0.1, -0.05) is 22.0 Å². The average Bonchev–Trinajstić information content (AvgIpc) is 1.88. The second-order valence-electron chi connectivity index (χ2n) is 2.00. The molecule has 3 nitrogen and oxygen atoms in total. The zero-order valence-electron chi connectivity index (χ0n) is 5.53. The van der Waals surface area contributed by atoms with E-state index in [1.54, 1.807) is 5.06 Å². The maximum Gasteiger partial charge on any atom is 0.152 e. The van der Waals surface area contributed by atoms with Gasteiger partial charge in [0, 0.05) is 13.1 Å². The van der Waals surface area contributed by atoms with Crippen molar-refractivity contribution in [2.24, 2.45) is 0 Å². The summed E-state index contributed by atoms with van der Waals surface area (Å²) in [5, 5.41) is 10.2. The number of hydrogen-bond donors (Lipinski definition) is 1. The van der Waals surface area contributed by atoms with E-state index in [0.29, 0.717) is 6.54 Å². The molecular weight excluding hydrogens is 198 g/mol. The smallest absolute Gasteiger partial charge is 0.152 e. The monoisotopic (exact) mass is 207 g/mol. The van der Waals surface area contributed by atoms with Crippen molar-refractivity contribution in [2.75, 3.05) is 19.7 Å². The van der Waals surface area contributed by atoms with E-state index in [9.17, 15) is 0 Å². The fraction of sp³-hybridized carbons (Fsp3) is 0.667. The summed E-state index contributed by atoms with van der Waals surface area (Å²) in [6.45, 7) is 1.45. The molecule has 0 aliphatic carbocycles. The lowest BCUT2D eigenvalue weighted by Crippen LogP contribution is -2.32. The van der Waals surface area contributed by atoms with Crippen LogP contribution in [0.4, 0.5) is 0 Å². The highest BCUT2D eigenvalue weighted by Crippen LogP contribution is 2.10. The van der Waals surface area contributed by atoms with E-state index >= 15 is 0 Å². The normalized spacial score (nSPS) is 27.2. The molecule has 0 aromatic rings. The molecule has 0 aromatic heterocycles. The van der Waals surface area contributed by atoms with E-state index in [2.05, 4.69) is 15.9 Å². The van der Waals surface area contributed by atoms with Crippen LogP contribution in [0.2, 0.25) is 0 Å². The fourth-order valence-corrected chi connectivity index (χ4v) is 1.21. The first kappa shape index (κ1) is 8.20. The summed E-state index contributed by atoms with van der Waals surface area (Å²) in [5.41, 5.74) is 0. The Balaban J connectivity index is 2.29. The Hall–Kier alpha value is 0.1000. The van der Waals surface area contributed by atoms with Gasteiger partial charge < -0.3 is 5.11 Å². The van der Waals surface area contributed by atoms with Gasteiger partial charge in [0.15, 0.2) is 5.01 Å². The number of hydroxylamine groups is 2. The molecule has 1 aliphatic heterocycles. The van der Waals surface area contributed by atoms with Gasteiger partial charge in [-0.25, -0.2) is 0 Å². The molecular formula is C6H10BrNO2. The van der Waals surface area contributed by atoms with Crippen molar-refractivity contribution in [1.82, 2.24) is 5.06 Å². The Morgan fingerprint density at radius 3 is 3.20 bits per heavy atom. The molecule has 10 heavy (non-hydrogen) atoms. The molecule has 4 heteroatoms. The van der Waals surface area contributed by atoms with E-state index in [1.165, 1.54) is 0 Å². The fourth-order valence-electron chi connectivity index (χ4n) is 0.762. The SMILES string of the molecule is OCCN1CC=C[C@H](Br)O1. The van der Waals surface area contributed by atoms with Crippen LogP contribution in [0.25, 0.3) is 0 Å². The summed E-state index contributed by atoms with van der Waals surface area (Å²) in [7, 11) is 0.